The lowest BCUT2D eigenvalue weighted by Crippen LogP contribution is -2.37. The fourth-order valence-corrected chi connectivity index (χ4v) is 3.74. The molecule has 0 aliphatic rings. The van der Waals surface area contributed by atoms with Crippen molar-refractivity contribution in [3.63, 3.8) is 0 Å². The molecule has 1 heterocycles. The summed E-state index contributed by atoms with van der Waals surface area (Å²) in [5.41, 5.74) is 3.43. The second-order valence-electron chi connectivity index (χ2n) is 5.62. The number of anilines is 1. The SMILES string of the molecule is CCN(CC)CCN(C(C)=O)c1nc2cc(C)cc(C)c2s1.Cl. The van der Waals surface area contributed by atoms with Gasteiger partial charge in [0, 0.05) is 20.0 Å². The first kappa shape index (κ1) is 19.9. The summed E-state index contributed by atoms with van der Waals surface area (Å²) in [6.07, 6.45) is 0. The van der Waals surface area contributed by atoms with Crippen molar-refractivity contribution < 1.29 is 4.79 Å². The van der Waals surface area contributed by atoms with Gasteiger partial charge in [-0.15, -0.1) is 12.4 Å². The lowest BCUT2D eigenvalue weighted by atomic mass is 10.1. The Hall–Kier alpha value is -1.17. The molecular formula is C17H26ClN3OS. The highest BCUT2D eigenvalue weighted by molar-refractivity contribution is 7.22. The number of hydrogen-bond acceptors (Lipinski definition) is 4. The largest absolute Gasteiger partial charge is 0.302 e. The molecule has 6 heteroatoms. The number of aromatic nitrogens is 1. The topological polar surface area (TPSA) is 36.4 Å². The Morgan fingerprint density at radius 2 is 1.83 bits per heavy atom. The lowest BCUT2D eigenvalue weighted by molar-refractivity contribution is -0.116. The minimum atomic E-state index is 0. The molecule has 0 atom stereocenters. The standard InChI is InChI=1S/C17H25N3OS.ClH/c1-6-19(7-2)8-9-20(14(5)21)17-18-15-11-12(3)10-13(4)16(15)22-17;/h10-11H,6-9H2,1-5H3;1H. The van der Waals surface area contributed by atoms with Gasteiger partial charge in [0.25, 0.3) is 0 Å². The molecule has 2 rings (SSSR count). The van der Waals surface area contributed by atoms with Crippen molar-refractivity contribution in [3.8, 4) is 0 Å². The van der Waals surface area contributed by atoms with Crippen LogP contribution in [0.2, 0.25) is 0 Å². The summed E-state index contributed by atoms with van der Waals surface area (Å²) >= 11 is 1.61. The molecule has 0 unspecified atom stereocenters. The lowest BCUT2D eigenvalue weighted by Gasteiger charge is -2.23. The highest BCUT2D eigenvalue weighted by Gasteiger charge is 2.17. The van der Waals surface area contributed by atoms with Crippen LogP contribution in [-0.2, 0) is 4.79 Å². The Morgan fingerprint density at radius 3 is 2.39 bits per heavy atom. The van der Waals surface area contributed by atoms with Crippen LogP contribution in [-0.4, -0.2) is 42.0 Å². The number of fused-ring (bicyclic) bond motifs is 1. The fraction of sp³-hybridized carbons (Fsp3) is 0.529. The van der Waals surface area contributed by atoms with Crippen molar-refractivity contribution in [1.29, 1.82) is 0 Å². The van der Waals surface area contributed by atoms with Gasteiger partial charge in [0.2, 0.25) is 5.91 Å². The molecule has 0 saturated carbocycles. The van der Waals surface area contributed by atoms with Crippen molar-refractivity contribution in [2.24, 2.45) is 0 Å². The van der Waals surface area contributed by atoms with E-state index >= 15 is 0 Å². The van der Waals surface area contributed by atoms with Gasteiger partial charge in [-0.25, -0.2) is 4.98 Å². The van der Waals surface area contributed by atoms with E-state index in [0.29, 0.717) is 6.54 Å². The molecule has 0 saturated heterocycles. The normalized spacial score (nSPS) is 10.9. The van der Waals surface area contributed by atoms with E-state index in [-0.39, 0.29) is 18.3 Å². The van der Waals surface area contributed by atoms with E-state index < -0.39 is 0 Å². The number of likely N-dealkylation sites (N-methyl/N-ethyl adjacent to an activating group) is 1. The zero-order valence-corrected chi connectivity index (χ0v) is 16.2. The maximum Gasteiger partial charge on any atom is 0.225 e. The van der Waals surface area contributed by atoms with E-state index in [0.717, 1.165) is 30.3 Å². The third-order valence-corrected chi connectivity index (χ3v) is 5.18. The monoisotopic (exact) mass is 355 g/mol. The zero-order chi connectivity index (χ0) is 16.3. The molecule has 4 nitrogen and oxygen atoms in total. The molecule has 1 amide bonds. The molecule has 1 aromatic carbocycles. The van der Waals surface area contributed by atoms with Gasteiger partial charge < -0.3 is 4.90 Å². The maximum atomic E-state index is 12.0. The minimum absolute atomic E-state index is 0. The highest BCUT2D eigenvalue weighted by atomic mass is 35.5. The number of rotatable bonds is 6. The molecule has 128 valence electrons. The first-order valence-corrected chi connectivity index (χ1v) is 8.66. The summed E-state index contributed by atoms with van der Waals surface area (Å²) < 4.78 is 1.18. The molecule has 0 fully saturated rings. The van der Waals surface area contributed by atoms with Crippen LogP contribution >= 0.6 is 23.7 Å². The number of nitrogens with zero attached hydrogens (tertiary/aromatic N) is 3. The number of thiazole rings is 1. The Labute approximate surface area is 148 Å². The number of carbonyl (C=O) groups is 1. The van der Waals surface area contributed by atoms with Gasteiger partial charge in [-0.3, -0.25) is 9.69 Å². The van der Waals surface area contributed by atoms with Crippen LogP contribution in [0.15, 0.2) is 12.1 Å². The summed E-state index contributed by atoms with van der Waals surface area (Å²) in [6.45, 7) is 13.7. The van der Waals surface area contributed by atoms with Crippen LogP contribution in [0.4, 0.5) is 5.13 Å². The van der Waals surface area contributed by atoms with E-state index in [1.807, 2.05) is 0 Å². The fourth-order valence-electron chi connectivity index (χ4n) is 2.65. The van der Waals surface area contributed by atoms with Crippen LogP contribution in [0.1, 0.15) is 31.9 Å². The smallest absolute Gasteiger partial charge is 0.225 e. The van der Waals surface area contributed by atoms with Gasteiger partial charge in [-0.2, -0.15) is 0 Å². The van der Waals surface area contributed by atoms with Gasteiger partial charge in [0.05, 0.1) is 10.2 Å². The van der Waals surface area contributed by atoms with Gasteiger partial charge in [0.1, 0.15) is 0 Å². The Kier molecular flexibility index (Phi) is 7.45. The summed E-state index contributed by atoms with van der Waals surface area (Å²) in [5.74, 6) is 0.0561. The zero-order valence-electron chi connectivity index (χ0n) is 14.5. The average Bonchev–Trinajstić information content (AvgIpc) is 2.87. The maximum absolute atomic E-state index is 12.0. The Morgan fingerprint density at radius 1 is 1.17 bits per heavy atom. The van der Waals surface area contributed by atoms with E-state index in [4.69, 9.17) is 4.98 Å². The number of benzene rings is 1. The predicted molar refractivity (Wildman–Crippen MR) is 102 cm³/mol. The quantitative estimate of drug-likeness (QED) is 0.784. The summed E-state index contributed by atoms with van der Waals surface area (Å²) in [6, 6.07) is 4.25. The third kappa shape index (κ3) is 4.66. The minimum Gasteiger partial charge on any atom is -0.302 e. The van der Waals surface area contributed by atoms with Gasteiger partial charge in [-0.05, 0) is 44.1 Å². The third-order valence-electron chi connectivity index (χ3n) is 3.95. The molecule has 0 N–H and O–H groups in total. The van der Waals surface area contributed by atoms with Gasteiger partial charge in [0.15, 0.2) is 5.13 Å². The van der Waals surface area contributed by atoms with Crippen molar-refractivity contribution in [2.75, 3.05) is 31.1 Å². The van der Waals surface area contributed by atoms with Gasteiger partial charge >= 0.3 is 0 Å². The second kappa shape index (κ2) is 8.62. The van der Waals surface area contributed by atoms with E-state index in [9.17, 15) is 4.79 Å². The number of halogens is 1. The van der Waals surface area contributed by atoms with E-state index in [1.54, 1.807) is 23.2 Å². The highest BCUT2D eigenvalue weighted by Crippen LogP contribution is 2.32. The van der Waals surface area contributed by atoms with Crippen LogP contribution < -0.4 is 4.90 Å². The molecule has 0 bridgehead atoms. The molecular weight excluding hydrogens is 330 g/mol. The predicted octanol–water partition coefficient (Wildman–Crippen LogP) is 4.03. The van der Waals surface area contributed by atoms with Crippen LogP contribution in [0.25, 0.3) is 10.2 Å². The number of hydrogen-bond donors (Lipinski definition) is 0. The molecule has 0 aliphatic heterocycles. The molecule has 2 aromatic rings. The Balaban J connectivity index is 0.00000264. The summed E-state index contributed by atoms with van der Waals surface area (Å²) in [5, 5.41) is 0.809. The second-order valence-corrected chi connectivity index (χ2v) is 6.60. The summed E-state index contributed by atoms with van der Waals surface area (Å²) in [4.78, 5) is 20.8. The van der Waals surface area contributed by atoms with Crippen molar-refractivity contribution in [2.45, 2.75) is 34.6 Å². The van der Waals surface area contributed by atoms with E-state index in [2.05, 4.69) is 44.7 Å². The van der Waals surface area contributed by atoms with Crippen LogP contribution in [0.5, 0.6) is 0 Å². The van der Waals surface area contributed by atoms with Crippen molar-refractivity contribution in [3.05, 3.63) is 23.3 Å². The van der Waals surface area contributed by atoms with Crippen LogP contribution in [0, 0.1) is 13.8 Å². The first-order valence-electron chi connectivity index (χ1n) is 7.84. The molecule has 23 heavy (non-hydrogen) atoms. The van der Waals surface area contributed by atoms with Crippen molar-refractivity contribution >= 4 is 45.0 Å². The summed E-state index contributed by atoms with van der Waals surface area (Å²) in [7, 11) is 0. The molecule has 0 radical (unpaired) electrons. The number of amides is 1. The van der Waals surface area contributed by atoms with Crippen molar-refractivity contribution in [1.82, 2.24) is 9.88 Å². The van der Waals surface area contributed by atoms with Gasteiger partial charge in [-0.1, -0.05) is 31.3 Å². The average molecular weight is 356 g/mol. The first-order chi connectivity index (χ1) is 10.5. The number of carbonyl (C=O) groups excluding carboxylic acids is 1. The van der Waals surface area contributed by atoms with E-state index in [1.165, 1.54) is 15.8 Å². The molecule has 0 aliphatic carbocycles. The molecule has 1 aromatic heterocycles. The number of aryl methyl sites for hydroxylation is 2. The molecule has 0 spiro atoms. The van der Waals surface area contributed by atoms with Crippen LogP contribution in [0.3, 0.4) is 0 Å². The Bertz CT molecular complexity index is 667.